The summed E-state index contributed by atoms with van der Waals surface area (Å²) in [7, 11) is 1.48. The average molecular weight is 423 g/mol. The molecule has 0 unspecified atom stereocenters. The molecular formula is C19H19ClN2O5S. The van der Waals surface area contributed by atoms with Crippen LogP contribution >= 0.6 is 22.9 Å². The molecule has 0 fully saturated rings. The van der Waals surface area contributed by atoms with Crippen LogP contribution in [0.4, 0.5) is 0 Å². The summed E-state index contributed by atoms with van der Waals surface area (Å²) in [4.78, 5) is 16.6. The summed E-state index contributed by atoms with van der Waals surface area (Å²) in [6.45, 7) is 4.37. The predicted molar refractivity (Wildman–Crippen MR) is 105 cm³/mol. The molecule has 148 valence electrons. The summed E-state index contributed by atoms with van der Waals surface area (Å²) < 4.78 is 21.3. The zero-order valence-corrected chi connectivity index (χ0v) is 17.2. The Morgan fingerprint density at radius 1 is 1.36 bits per heavy atom. The van der Waals surface area contributed by atoms with E-state index < -0.39 is 5.97 Å². The van der Waals surface area contributed by atoms with Crippen LogP contribution in [-0.4, -0.2) is 29.8 Å². The molecule has 0 saturated carbocycles. The molecule has 2 aromatic heterocycles. The van der Waals surface area contributed by atoms with Gasteiger partial charge in [0.2, 0.25) is 5.82 Å². The van der Waals surface area contributed by atoms with Gasteiger partial charge in [-0.1, -0.05) is 30.6 Å². The first-order chi connectivity index (χ1) is 13.5. The number of rotatable bonds is 8. The number of carbonyl (C=O) groups excluding carboxylic acids is 1. The summed E-state index contributed by atoms with van der Waals surface area (Å²) in [5.74, 6) is 1.13. The third-order valence-corrected chi connectivity index (χ3v) is 4.56. The first kappa shape index (κ1) is 20.2. The number of ether oxygens (including phenoxy) is 3. The SMILES string of the molecule is COc1cc(C(=O)OCc2nc(-c3ccsc3)no2)cc(Cl)c1OCC(C)C. The van der Waals surface area contributed by atoms with Gasteiger partial charge in [-0.2, -0.15) is 16.3 Å². The van der Waals surface area contributed by atoms with E-state index in [0.29, 0.717) is 29.8 Å². The standard InChI is InChI=1S/C19H19ClN2O5S/c1-11(2)8-25-17-14(20)6-13(7-15(17)24-3)19(23)26-9-16-21-18(22-27-16)12-4-5-28-10-12/h4-7,10-11H,8-9H2,1-3H3. The van der Waals surface area contributed by atoms with Gasteiger partial charge < -0.3 is 18.7 Å². The summed E-state index contributed by atoms with van der Waals surface area (Å²) in [5, 5.41) is 7.95. The number of hydrogen-bond acceptors (Lipinski definition) is 8. The van der Waals surface area contributed by atoms with E-state index in [2.05, 4.69) is 10.1 Å². The van der Waals surface area contributed by atoms with Crippen molar-refractivity contribution >= 4 is 28.9 Å². The van der Waals surface area contributed by atoms with Gasteiger partial charge >= 0.3 is 5.97 Å². The molecule has 0 aliphatic carbocycles. The van der Waals surface area contributed by atoms with Crippen molar-refractivity contribution in [2.75, 3.05) is 13.7 Å². The van der Waals surface area contributed by atoms with Crippen molar-refractivity contribution < 1.29 is 23.5 Å². The summed E-state index contributed by atoms with van der Waals surface area (Å²) in [5.41, 5.74) is 1.08. The first-order valence-corrected chi connectivity index (χ1v) is 9.82. The Hall–Kier alpha value is -2.58. The summed E-state index contributed by atoms with van der Waals surface area (Å²) >= 11 is 7.79. The molecule has 1 aromatic carbocycles. The number of aromatic nitrogens is 2. The highest BCUT2D eigenvalue weighted by atomic mass is 35.5. The number of nitrogens with zero attached hydrogens (tertiary/aromatic N) is 2. The van der Waals surface area contributed by atoms with Crippen LogP contribution in [0.25, 0.3) is 11.4 Å². The molecule has 3 rings (SSSR count). The fourth-order valence-electron chi connectivity index (χ4n) is 2.26. The minimum atomic E-state index is -0.592. The lowest BCUT2D eigenvalue weighted by Crippen LogP contribution is -2.09. The van der Waals surface area contributed by atoms with E-state index in [1.54, 1.807) is 0 Å². The molecule has 0 atom stereocenters. The van der Waals surface area contributed by atoms with Crippen molar-refractivity contribution in [3.8, 4) is 22.9 Å². The lowest BCUT2D eigenvalue weighted by Gasteiger charge is -2.15. The number of benzene rings is 1. The molecule has 0 saturated heterocycles. The van der Waals surface area contributed by atoms with Crippen LogP contribution in [0.2, 0.25) is 5.02 Å². The number of halogens is 1. The fraction of sp³-hybridized carbons (Fsp3) is 0.316. The zero-order chi connectivity index (χ0) is 20.1. The monoisotopic (exact) mass is 422 g/mol. The highest BCUT2D eigenvalue weighted by Gasteiger charge is 2.18. The van der Waals surface area contributed by atoms with E-state index in [4.69, 9.17) is 30.3 Å². The summed E-state index contributed by atoms with van der Waals surface area (Å²) in [6.07, 6.45) is 0. The molecule has 0 amide bonds. The Morgan fingerprint density at radius 3 is 2.86 bits per heavy atom. The topological polar surface area (TPSA) is 83.7 Å². The van der Waals surface area contributed by atoms with Gasteiger partial charge in [-0.25, -0.2) is 4.79 Å². The van der Waals surface area contributed by atoms with Crippen LogP contribution in [0.5, 0.6) is 11.5 Å². The highest BCUT2D eigenvalue weighted by molar-refractivity contribution is 7.08. The van der Waals surface area contributed by atoms with Crippen molar-refractivity contribution in [1.29, 1.82) is 0 Å². The number of methoxy groups -OCH3 is 1. The lowest BCUT2D eigenvalue weighted by atomic mass is 10.2. The second-order valence-electron chi connectivity index (χ2n) is 6.29. The number of hydrogen-bond donors (Lipinski definition) is 0. The Kier molecular flexibility index (Phi) is 6.53. The second-order valence-corrected chi connectivity index (χ2v) is 7.48. The Bertz CT molecular complexity index is 940. The summed E-state index contributed by atoms with van der Waals surface area (Å²) in [6, 6.07) is 4.88. The molecule has 0 bridgehead atoms. The molecule has 3 aromatic rings. The second kappa shape index (κ2) is 9.07. The predicted octanol–water partition coefficient (Wildman–Crippen LogP) is 4.85. The third kappa shape index (κ3) is 4.82. The molecule has 2 heterocycles. The minimum Gasteiger partial charge on any atom is -0.493 e. The molecule has 0 N–H and O–H groups in total. The van der Waals surface area contributed by atoms with Crippen LogP contribution in [0.1, 0.15) is 30.1 Å². The maximum atomic E-state index is 12.4. The van der Waals surface area contributed by atoms with E-state index in [1.165, 1.54) is 30.6 Å². The van der Waals surface area contributed by atoms with E-state index in [1.807, 2.05) is 30.7 Å². The van der Waals surface area contributed by atoms with Crippen LogP contribution in [0.15, 0.2) is 33.5 Å². The van der Waals surface area contributed by atoms with Gasteiger partial charge in [-0.3, -0.25) is 0 Å². The quantitative estimate of drug-likeness (QED) is 0.479. The van der Waals surface area contributed by atoms with Crippen LogP contribution in [0, 0.1) is 5.92 Å². The van der Waals surface area contributed by atoms with Crippen LogP contribution in [-0.2, 0) is 11.3 Å². The number of carbonyl (C=O) groups is 1. The van der Waals surface area contributed by atoms with Crippen molar-refractivity contribution in [3.63, 3.8) is 0 Å². The molecule has 0 aliphatic rings. The van der Waals surface area contributed by atoms with Gasteiger partial charge in [-0.05, 0) is 29.5 Å². The largest absolute Gasteiger partial charge is 0.493 e. The lowest BCUT2D eigenvalue weighted by molar-refractivity contribution is 0.0429. The maximum absolute atomic E-state index is 12.4. The smallest absolute Gasteiger partial charge is 0.338 e. The van der Waals surface area contributed by atoms with Gasteiger partial charge in [0.05, 0.1) is 24.3 Å². The van der Waals surface area contributed by atoms with Crippen molar-refractivity contribution in [2.24, 2.45) is 5.92 Å². The molecule has 28 heavy (non-hydrogen) atoms. The van der Waals surface area contributed by atoms with E-state index >= 15 is 0 Å². The average Bonchev–Trinajstić information content (AvgIpc) is 3.35. The van der Waals surface area contributed by atoms with Crippen molar-refractivity contribution in [1.82, 2.24) is 10.1 Å². The third-order valence-electron chi connectivity index (χ3n) is 3.60. The minimum absolute atomic E-state index is 0.151. The van der Waals surface area contributed by atoms with Crippen LogP contribution < -0.4 is 9.47 Å². The van der Waals surface area contributed by atoms with Gasteiger partial charge in [0.1, 0.15) is 0 Å². The first-order valence-electron chi connectivity index (χ1n) is 8.50. The zero-order valence-electron chi connectivity index (χ0n) is 15.6. The molecule has 0 spiro atoms. The number of thiophene rings is 1. The van der Waals surface area contributed by atoms with Gasteiger partial charge in [0, 0.05) is 10.9 Å². The highest BCUT2D eigenvalue weighted by Crippen LogP contribution is 2.37. The van der Waals surface area contributed by atoms with Gasteiger partial charge in [0.15, 0.2) is 18.1 Å². The molecule has 7 nitrogen and oxygen atoms in total. The molecular weight excluding hydrogens is 404 g/mol. The van der Waals surface area contributed by atoms with Crippen LogP contribution in [0.3, 0.4) is 0 Å². The van der Waals surface area contributed by atoms with Gasteiger partial charge in [-0.15, -0.1) is 0 Å². The maximum Gasteiger partial charge on any atom is 0.338 e. The van der Waals surface area contributed by atoms with E-state index in [0.717, 1.165) is 5.56 Å². The van der Waals surface area contributed by atoms with Gasteiger partial charge in [0.25, 0.3) is 5.89 Å². The van der Waals surface area contributed by atoms with E-state index in [9.17, 15) is 4.79 Å². The Morgan fingerprint density at radius 2 is 2.18 bits per heavy atom. The van der Waals surface area contributed by atoms with Crippen molar-refractivity contribution in [3.05, 3.63) is 45.4 Å². The number of esters is 1. The van der Waals surface area contributed by atoms with Crippen molar-refractivity contribution in [2.45, 2.75) is 20.5 Å². The Labute approximate surface area is 171 Å². The Balaban J connectivity index is 1.68. The normalized spacial score (nSPS) is 10.9. The molecule has 9 heteroatoms. The van der Waals surface area contributed by atoms with E-state index in [-0.39, 0.29) is 23.1 Å². The fourth-order valence-corrected chi connectivity index (χ4v) is 3.16. The molecule has 0 radical (unpaired) electrons. The molecule has 0 aliphatic heterocycles.